The van der Waals surface area contributed by atoms with Crippen molar-refractivity contribution in [3.05, 3.63) is 90.8 Å². The van der Waals surface area contributed by atoms with E-state index in [1.165, 1.54) is 0 Å². The zero-order chi connectivity index (χ0) is 25.0. The zero-order valence-electron chi connectivity index (χ0n) is 20.7. The first-order valence-corrected chi connectivity index (χ1v) is 14.6. The van der Waals surface area contributed by atoms with Crippen LogP contribution in [0.4, 0.5) is 0 Å². The standard InChI is InChI=1S/C28H32O4S2/c1-17-13-19(3)27(20(4)14-17)33(29,30)25-11-8-12-26(24-10-7-9-23(24)25)34(31,32)28-21(5)15-18(2)16-22(28)6/h7,9,13-16H,8,10-12H2,1-6H3. The lowest BCUT2D eigenvalue weighted by atomic mass is 10.1. The summed E-state index contributed by atoms with van der Waals surface area (Å²) in [5.74, 6) is 0. The molecule has 4 nitrogen and oxygen atoms in total. The van der Waals surface area contributed by atoms with Crippen molar-refractivity contribution in [2.75, 3.05) is 0 Å². The SMILES string of the molecule is Cc1cc(C)c(S(=O)(=O)C2=C3C=CCC3=C(S(=O)(=O)c3c(C)cc(C)cc3C)CCC2)c(C)c1. The Morgan fingerprint density at radius 1 is 0.618 bits per heavy atom. The number of allylic oxidation sites excluding steroid dienone is 6. The largest absolute Gasteiger partial charge is 0.219 e. The van der Waals surface area contributed by atoms with Gasteiger partial charge in [-0.05, 0) is 101 Å². The molecule has 0 fully saturated rings. The summed E-state index contributed by atoms with van der Waals surface area (Å²) in [6.45, 7) is 11.2. The van der Waals surface area contributed by atoms with Crippen molar-refractivity contribution in [3.8, 4) is 0 Å². The number of hydrogen-bond acceptors (Lipinski definition) is 4. The fraction of sp³-hybridized carbons (Fsp3) is 0.357. The molecule has 4 rings (SSSR count). The van der Waals surface area contributed by atoms with Gasteiger partial charge in [-0.3, -0.25) is 0 Å². The number of hydrogen-bond donors (Lipinski definition) is 0. The second-order valence-electron chi connectivity index (χ2n) is 9.66. The van der Waals surface area contributed by atoms with Gasteiger partial charge >= 0.3 is 0 Å². The van der Waals surface area contributed by atoms with Crippen molar-refractivity contribution in [1.29, 1.82) is 0 Å². The summed E-state index contributed by atoms with van der Waals surface area (Å²) < 4.78 is 55.8. The van der Waals surface area contributed by atoms with Gasteiger partial charge in [0.05, 0.1) is 19.6 Å². The number of aryl methyl sites for hydroxylation is 6. The Labute approximate surface area is 203 Å². The van der Waals surface area contributed by atoms with Crippen LogP contribution < -0.4 is 0 Å². The van der Waals surface area contributed by atoms with Crippen LogP contribution in [0.25, 0.3) is 0 Å². The van der Waals surface area contributed by atoms with E-state index in [0.717, 1.165) is 33.4 Å². The van der Waals surface area contributed by atoms with Crippen LogP contribution in [0.1, 0.15) is 59.1 Å². The highest BCUT2D eigenvalue weighted by atomic mass is 32.2. The summed E-state index contributed by atoms with van der Waals surface area (Å²) in [7, 11) is -7.54. The highest BCUT2D eigenvalue weighted by Gasteiger charge is 2.35. The Hall–Kier alpha value is -2.44. The molecule has 2 aliphatic carbocycles. The minimum Gasteiger partial charge on any atom is -0.219 e. The summed E-state index contributed by atoms with van der Waals surface area (Å²) in [4.78, 5) is 1.40. The maximum absolute atomic E-state index is 13.9. The topological polar surface area (TPSA) is 68.3 Å². The highest BCUT2D eigenvalue weighted by Crippen LogP contribution is 2.44. The molecule has 2 aromatic carbocycles. The molecule has 0 saturated carbocycles. The van der Waals surface area contributed by atoms with E-state index in [2.05, 4.69) is 0 Å². The predicted octanol–water partition coefficient (Wildman–Crippen LogP) is 6.44. The Balaban J connectivity index is 1.96. The molecule has 2 aromatic rings. The molecule has 0 aromatic heterocycles. The third-order valence-corrected chi connectivity index (χ3v) is 11.3. The van der Waals surface area contributed by atoms with Crippen LogP contribution in [0, 0.1) is 41.5 Å². The van der Waals surface area contributed by atoms with Crippen molar-refractivity contribution in [1.82, 2.24) is 0 Å². The lowest BCUT2D eigenvalue weighted by molar-refractivity contribution is 0.597. The number of fused-ring (bicyclic) bond motifs is 1. The van der Waals surface area contributed by atoms with Gasteiger partial charge in [-0.15, -0.1) is 0 Å². The van der Waals surface area contributed by atoms with Crippen molar-refractivity contribution in [2.24, 2.45) is 0 Å². The highest BCUT2D eigenvalue weighted by molar-refractivity contribution is 7.96. The van der Waals surface area contributed by atoms with Gasteiger partial charge in [0.1, 0.15) is 0 Å². The van der Waals surface area contributed by atoms with E-state index < -0.39 is 19.7 Å². The van der Waals surface area contributed by atoms with Crippen molar-refractivity contribution >= 4 is 19.7 Å². The van der Waals surface area contributed by atoms with Gasteiger partial charge in [-0.2, -0.15) is 0 Å². The molecule has 0 spiro atoms. The van der Waals surface area contributed by atoms with Gasteiger partial charge in [-0.1, -0.05) is 47.5 Å². The van der Waals surface area contributed by atoms with Gasteiger partial charge in [-0.25, -0.2) is 16.8 Å². The third kappa shape index (κ3) is 4.01. The summed E-state index contributed by atoms with van der Waals surface area (Å²) in [6, 6.07) is 7.57. The van der Waals surface area contributed by atoms with Crippen LogP contribution in [-0.2, 0) is 19.7 Å². The number of rotatable bonds is 4. The van der Waals surface area contributed by atoms with Crippen LogP contribution in [0.2, 0.25) is 0 Å². The molecule has 0 bridgehead atoms. The van der Waals surface area contributed by atoms with E-state index in [9.17, 15) is 16.8 Å². The van der Waals surface area contributed by atoms with E-state index >= 15 is 0 Å². The molecule has 180 valence electrons. The molecular weight excluding hydrogens is 464 g/mol. The summed E-state index contributed by atoms with van der Waals surface area (Å²) in [5, 5.41) is 0. The average molecular weight is 497 g/mol. The van der Waals surface area contributed by atoms with Gasteiger partial charge in [0.15, 0.2) is 0 Å². The smallest absolute Gasteiger partial charge is 0.203 e. The number of sulfone groups is 2. The third-order valence-electron chi connectivity index (χ3n) is 6.77. The minimum atomic E-state index is -3.77. The van der Waals surface area contributed by atoms with Crippen LogP contribution in [0.5, 0.6) is 0 Å². The maximum Gasteiger partial charge on any atom is 0.203 e. The van der Waals surface area contributed by atoms with Crippen LogP contribution in [-0.4, -0.2) is 16.8 Å². The summed E-state index contributed by atoms with van der Waals surface area (Å²) >= 11 is 0. The molecule has 0 aliphatic heterocycles. The average Bonchev–Trinajstić information content (AvgIpc) is 3.05. The fourth-order valence-corrected chi connectivity index (χ4v) is 9.98. The molecule has 34 heavy (non-hydrogen) atoms. The van der Waals surface area contributed by atoms with Gasteiger partial charge < -0.3 is 0 Å². The Morgan fingerprint density at radius 3 is 1.50 bits per heavy atom. The minimum absolute atomic E-state index is 0.323. The molecule has 6 heteroatoms. The lowest BCUT2D eigenvalue weighted by Gasteiger charge is -2.17. The van der Waals surface area contributed by atoms with E-state index in [4.69, 9.17) is 0 Å². The second-order valence-corrected chi connectivity index (χ2v) is 13.5. The molecule has 0 unspecified atom stereocenters. The van der Waals surface area contributed by atoms with E-state index in [-0.39, 0.29) is 0 Å². The molecule has 0 atom stereocenters. The second kappa shape index (κ2) is 8.65. The van der Waals surface area contributed by atoms with Crippen LogP contribution in [0.15, 0.2) is 67.2 Å². The first kappa shape index (κ1) is 24.7. The first-order chi connectivity index (χ1) is 15.9. The number of benzene rings is 2. The molecule has 0 saturated heterocycles. The molecular formula is C28H32O4S2. The fourth-order valence-electron chi connectivity index (χ4n) is 5.73. The molecule has 0 heterocycles. The van der Waals surface area contributed by atoms with E-state index in [1.807, 2.05) is 71.9 Å². The molecule has 0 amide bonds. The van der Waals surface area contributed by atoms with Crippen molar-refractivity contribution < 1.29 is 16.8 Å². The van der Waals surface area contributed by atoms with Crippen molar-refractivity contribution in [2.45, 2.75) is 77.0 Å². The normalized spacial score (nSPS) is 16.8. The first-order valence-electron chi connectivity index (χ1n) is 11.6. The Morgan fingerprint density at radius 2 is 1.03 bits per heavy atom. The van der Waals surface area contributed by atoms with Gasteiger partial charge in [0.25, 0.3) is 0 Å². The van der Waals surface area contributed by atoms with Crippen molar-refractivity contribution in [3.63, 3.8) is 0 Å². The lowest BCUT2D eigenvalue weighted by Crippen LogP contribution is -2.12. The predicted molar refractivity (Wildman–Crippen MR) is 137 cm³/mol. The van der Waals surface area contributed by atoms with E-state index in [0.29, 0.717) is 56.4 Å². The molecule has 0 radical (unpaired) electrons. The van der Waals surface area contributed by atoms with Gasteiger partial charge in [0.2, 0.25) is 19.7 Å². The summed E-state index contributed by atoms with van der Waals surface area (Å²) in [5.41, 5.74) is 6.15. The summed E-state index contributed by atoms with van der Waals surface area (Å²) in [6.07, 6.45) is 5.24. The van der Waals surface area contributed by atoms with E-state index in [1.54, 1.807) is 6.08 Å². The Bertz CT molecular complexity index is 1470. The quantitative estimate of drug-likeness (QED) is 0.489. The molecule has 2 aliphatic rings. The maximum atomic E-state index is 13.9. The van der Waals surface area contributed by atoms with Crippen LogP contribution in [0.3, 0.4) is 0 Å². The van der Waals surface area contributed by atoms with Gasteiger partial charge in [0, 0.05) is 0 Å². The Kier molecular flexibility index (Phi) is 6.28. The molecule has 0 N–H and O–H groups in total. The monoisotopic (exact) mass is 496 g/mol. The zero-order valence-corrected chi connectivity index (χ0v) is 22.4. The van der Waals surface area contributed by atoms with Crippen LogP contribution >= 0.6 is 0 Å².